The van der Waals surface area contributed by atoms with Gasteiger partial charge in [-0.05, 0) is 38.3 Å². The Labute approximate surface area is 127 Å². The fourth-order valence-electron chi connectivity index (χ4n) is 2.89. The molecule has 118 valence electrons. The number of nitrogens with two attached hydrogens (primary N) is 1. The van der Waals surface area contributed by atoms with Gasteiger partial charge < -0.3 is 15.4 Å². The predicted octanol–water partition coefficient (Wildman–Crippen LogP) is 3.11. The summed E-state index contributed by atoms with van der Waals surface area (Å²) in [6, 6.07) is 6.57. The molecule has 0 radical (unpaired) electrons. The standard InChI is InChI=1S/C17H27FN2O/c1-2-12-21-14-6-5-10-20(13-14)11-9-17(19)15-7-3-4-8-16(15)18/h3-4,7-8,14,17H,2,5-6,9-13,19H2,1H3. The number of piperidine rings is 1. The molecule has 1 fully saturated rings. The summed E-state index contributed by atoms with van der Waals surface area (Å²) in [5.41, 5.74) is 6.75. The minimum atomic E-state index is -0.233. The molecule has 0 saturated carbocycles. The maximum absolute atomic E-state index is 13.7. The minimum Gasteiger partial charge on any atom is -0.377 e. The molecule has 1 aliphatic rings. The summed E-state index contributed by atoms with van der Waals surface area (Å²) in [5, 5.41) is 0. The van der Waals surface area contributed by atoms with Gasteiger partial charge in [-0.25, -0.2) is 4.39 Å². The van der Waals surface area contributed by atoms with Crippen molar-refractivity contribution in [1.29, 1.82) is 0 Å². The van der Waals surface area contributed by atoms with Crippen LogP contribution in [0.15, 0.2) is 24.3 Å². The molecule has 2 N–H and O–H groups in total. The van der Waals surface area contributed by atoms with E-state index in [1.165, 1.54) is 12.5 Å². The zero-order valence-electron chi connectivity index (χ0n) is 12.9. The Hall–Kier alpha value is -0.970. The van der Waals surface area contributed by atoms with E-state index in [0.29, 0.717) is 11.7 Å². The second-order valence-corrected chi connectivity index (χ2v) is 5.85. The quantitative estimate of drug-likeness (QED) is 0.840. The number of nitrogens with zero attached hydrogens (tertiary/aromatic N) is 1. The normalized spacial score (nSPS) is 21.4. The van der Waals surface area contributed by atoms with Gasteiger partial charge in [-0.1, -0.05) is 25.1 Å². The predicted molar refractivity (Wildman–Crippen MR) is 83.7 cm³/mol. The van der Waals surface area contributed by atoms with E-state index in [1.807, 2.05) is 6.07 Å². The molecule has 2 unspecified atom stereocenters. The van der Waals surface area contributed by atoms with Gasteiger partial charge in [-0.15, -0.1) is 0 Å². The van der Waals surface area contributed by atoms with Crippen LogP contribution in [0.5, 0.6) is 0 Å². The highest BCUT2D eigenvalue weighted by molar-refractivity contribution is 5.20. The second kappa shape index (κ2) is 8.47. The van der Waals surface area contributed by atoms with Gasteiger partial charge in [-0.2, -0.15) is 0 Å². The van der Waals surface area contributed by atoms with Gasteiger partial charge in [0, 0.05) is 31.3 Å². The van der Waals surface area contributed by atoms with Gasteiger partial charge in [0.15, 0.2) is 0 Å². The van der Waals surface area contributed by atoms with E-state index in [1.54, 1.807) is 12.1 Å². The van der Waals surface area contributed by atoms with Crippen LogP contribution in [0.1, 0.15) is 44.2 Å². The van der Waals surface area contributed by atoms with Crippen LogP contribution in [-0.2, 0) is 4.74 Å². The minimum absolute atomic E-state index is 0.201. The third-order valence-electron chi connectivity index (χ3n) is 4.08. The second-order valence-electron chi connectivity index (χ2n) is 5.85. The van der Waals surface area contributed by atoms with Crippen LogP contribution in [0.3, 0.4) is 0 Å². The zero-order valence-corrected chi connectivity index (χ0v) is 12.9. The summed E-state index contributed by atoms with van der Waals surface area (Å²) < 4.78 is 19.5. The molecule has 2 rings (SSSR count). The highest BCUT2D eigenvalue weighted by Gasteiger charge is 2.21. The number of halogens is 1. The Balaban J connectivity index is 1.78. The smallest absolute Gasteiger partial charge is 0.127 e. The van der Waals surface area contributed by atoms with Gasteiger partial charge in [0.25, 0.3) is 0 Å². The van der Waals surface area contributed by atoms with Crippen molar-refractivity contribution in [2.45, 2.75) is 44.8 Å². The lowest BCUT2D eigenvalue weighted by Gasteiger charge is -2.33. The summed E-state index contributed by atoms with van der Waals surface area (Å²) in [6.45, 7) is 5.95. The molecule has 2 atom stereocenters. The Morgan fingerprint density at radius 3 is 3.00 bits per heavy atom. The van der Waals surface area contributed by atoms with E-state index in [-0.39, 0.29) is 11.9 Å². The molecule has 1 aromatic rings. The van der Waals surface area contributed by atoms with Gasteiger partial charge in [0.1, 0.15) is 5.82 Å². The number of hydrogen-bond acceptors (Lipinski definition) is 3. The largest absolute Gasteiger partial charge is 0.377 e. The van der Waals surface area contributed by atoms with Crippen molar-refractivity contribution in [3.8, 4) is 0 Å². The van der Waals surface area contributed by atoms with Gasteiger partial charge >= 0.3 is 0 Å². The van der Waals surface area contributed by atoms with Crippen molar-refractivity contribution in [1.82, 2.24) is 4.90 Å². The molecule has 4 heteroatoms. The number of likely N-dealkylation sites (tertiary alicyclic amines) is 1. The van der Waals surface area contributed by atoms with Crippen LogP contribution < -0.4 is 5.73 Å². The van der Waals surface area contributed by atoms with Crippen molar-refractivity contribution < 1.29 is 9.13 Å². The summed E-state index contributed by atoms with van der Waals surface area (Å²) in [4.78, 5) is 2.39. The molecule has 0 spiro atoms. The van der Waals surface area contributed by atoms with Crippen molar-refractivity contribution in [2.75, 3.05) is 26.2 Å². The van der Waals surface area contributed by atoms with Crippen molar-refractivity contribution in [2.24, 2.45) is 5.73 Å². The summed E-state index contributed by atoms with van der Waals surface area (Å²) >= 11 is 0. The molecular formula is C17H27FN2O. The number of ether oxygens (including phenoxy) is 1. The monoisotopic (exact) mass is 294 g/mol. The van der Waals surface area contributed by atoms with Crippen LogP contribution in [0.25, 0.3) is 0 Å². The van der Waals surface area contributed by atoms with Crippen LogP contribution in [0, 0.1) is 5.82 Å². The maximum atomic E-state index is 13.7. The van der Waals surface area contributed by atoms with Crippen molar-refractivity contribution in [3.05, 3.63) is 35.6 Å². The molecule has 1 saturated heterocycles. The highest BCUT2D eigenvalue weighted by atomic mass is 19.1. The van der Waals surface area contributed by atoms with Crippen LogP contribution >= 0.6 is 0 Å². The van der Waals surface area contributed by atoms with Crippen molar-refractivity contribution in [3.63, 3.8) is 0 Å². The number of benzene rings is 1. The Morgan fingerprint density at radius 1 is 1.43 bits per heavy atom. The van der Waals surface area contributed by atoms with Crippen LogP contribution in [-0.4, -0.2) is 37.2 Å². The lowest BCUT2D eigenvalue weighted by Crippen LogP contribution is -2.41. The Bertz CT molecular complexity index is 427. The molecule has 21 heavy (non-hydrogen) atoms. The molecule has 1 heterocycles. The van der Waals surface area contributed by atoms with E-state index in [0.717, 1.165) is 45.5 Å². The zero-order chi connectivity index (χ0) is 15.1. The fraction of sp³-hybridized carbons (Fsp3) is 0.647. The molecule has 1 aliphatic heterocycles. The number of hydrogen-bond donors (Lipinski definition) is 1. The van der Waals surface area contributed by atoms with Crippen molar-refractivity contribution >= 4 is 0 Å². The maximum Gasteiger partial charge on any atom is 0.127 e. The summed E-state index contributed by atoms with van der Waals surface area (Å²) in [6.07, 6.45) is 4.51. The van der Waals surface area contributed by atoms with Gasteiger partial charge in [-0.3, -0.25) is 0 Å². The molecule has 1 aromatic carbocycles. The first-order valence-corrected chi connectivity index (χ1v) is 8.04. The van der Waals surface area contributed by atoms with E-state index < -0.39 is 0 Å². The van der Waals surface area contributed by atoms with E-state index in [4.69, 9.17) is 10.5 Å². The number of rotatable bonds is 7. The first kappa shape index (κ1) is 16.4. The summed E-state index contributed by atoms with van der Waals surface area (Å²) in [7, 11) is 0. The molecule has 0 aliphatic carbocycles. The molecule has 3 nitrogen and oxygen atoms in total. The SMILES string of the molecule is CCCOC1CCCN(CCC(N)c2ccccc2F)C1. The lowest BCUT2D eigenvalue weighted by atomic mass is 10.0. The Morgan fingerprint density at radius 2 is 2.24 bits per heavy atom. The fourth-order valence-corrected chi connectivity index (χ4v) is 2.89. The average Bonchev–Trinajstić information content (AvgIpc) is 2.51. The van der Waals surface area contributed by atoms with E-state index >= 15 is 0 Å². The van der Waals surface area contributed by atoms with Gasteiger partial charge in [0.2, 0.25) is 0 Å². The highest BCUT2D eigenvalue weighted by Crippen LogP contribution is 2.20. The van der Waals surface area contributed by atoms with E-state index in [9.17, 15) is 4.39 Å². The van der Waals surface area contributed by atoms with Crippen LogP contribution in [0.4, 0.5) is 4.39 Å². The Kier molecular flexibility index (Phi) is 6.61. The summed E-state index contributed by atoms with van der Waals surface area (Å²) in [5.74, 6) is -0.201. The van der Waals surface area contributed by atoms with Crippen LogP contribution in [0.2, 0.25) is 0 Å². The first-order chi connectivity index (χ1) is 10.2. The topological polar surface area (TPSA) is 38.5 Å². The molecule has 0 aromatic heterocycles. The molecule has 0 amide bonds. The molecular weight excluding hydrogens is 267 g/mol. The third-order valence-corrected chi connectivity index (χ3v) is 4.08. The first-order valence-electron chi connectivity index (χ1n) is 8.04. The lowest BCUT2D eigenvalue weighted by molar-refractivity contribution is -0.000644. The third kappa shape index (κ3) is 5.06. The van der Waals surface area contributed by atoms with E-state index in [2.05, 4.69) is 11.8 Å². The average molecular weight is 294 g/mol. The van der Waals surface area contributed by atoms with Gasteiger partial charge in [0.05, 0.1) is 6.10 Å². The molecule has 0 bridgehead atoms.